The Morgan fingerprint density at radius 3 is 2.81 bits per heavy atom. The molecule has 0 saturated carbocycles. The Morgan fingerprint density at radius 1 is 1.27 bits per heavy atom. The van der Waals surface area contributed by atoms with Crippen LogP contribution in [0.15, 0.2) is 48.7 Å². The molecule has 0 bridgehead atoms. The third kappa shape index (κ3) is 4.41. The van der Waals surface area contributed by atoms with Gasteiger partial charge in [-0.25, -0.2) is 4.98 Å². The number of pyridine rings is 1. The Kier molecular flexibility index (Phi) is 5.89. The number of rotatable bonds is 6. The van der Waals surface area contributed by atoms with Crippen LogP contribution in [0.5, 0.6) is 0 Å². The highest BCUT2D eigenvalue weighted by molar-refractivity contribution is 5.82. The molecular weight excluding hydrogens is 324 g/mol. The summed E-state index contributed by atoms with van der Waals surface area (Å²) in [5, 5.41) is 6.45. The molecule has 26 heavy (non-hydrogen) atoms. The molecule has 5 nitrogen and oxygen atoms in total. The highest BCUT2D eigenvalue weighted by Gasteiger charge is 2.34. The molecule has 1 fully saturated rings. The average molecular weight is 352 g/mol. The van der Waals surface area contributed by atoms with Gasteiger partial charge < -0.3 is 15.5 Å². The van der Waals surface area contributed by atoms with Crippen LogP contribution in [0.1, 0.15) is 30.9 Å². The molecule has 2 N–H and O–H groups in total. The molecule has 2 aromatic rings. The Bertz CT molecular complexity index is 726. The number of hydrogen-bond acceptors (Lipinski definition) is 4. The van der Waals surface area contributed by atoms with E-state index in [1.54, 1.807) is 6.20 Å². The van der Waals surface area contributed by atoms with Crippen molar-refractivity contribution in [1.82, 2.24) is 15.6 Å². The van der Waals surface area contributed by atoms with Gasteiger partial charge in [0.05, 0.1) is 5.41 Å². The first-order valence-corrected chi connectivity index (χ1v) is 9.26. The summed E-state index contributed by atoms with van der Waals surface area (Å²) in [6.07, 6.45) is 3.77. The molecule has 3 rings (SSSR count). The van der Waals surface area contributed by atoms with Crippen molar-refractivity contribution in [3.05, 3.63) is 59.8 Å². The van der Waals surface area contributed by atoms with Crippen molar-refractivity contribution in [1.29, 1.82) is 0 Å². The fourth-order valence-corrected chi connectivity index (χ4v) is 3.48. The number of carbonyl (C=O) groups excluding carboxylic acids is 1. The molecular formula is C21H28N4O. The van der Waals surface area contributed by atoms with E-state index in [1.807, 2.05) is 44.3 Å². The maximum Gasteiger partial charge on any atom is 0.227 e. The Hall–Kier alpha value is -2.40. The van der Waals surface area contributed by atoms with Crippen LogP contribution in [-0.4, -0.2) is 31.0 Å². The van der Waals surface area contributed by atoms with Crippen LogP contribution in [0, 0.1) is 5.41 Å². The minimum absolute atomic E-state index is 0.116. The van der Waals surface area contributed by atoms with Crippen LogP contribution in [-0.2, 0) is 17.9 Å². The summed E-state index contributed by atoms with van der Waals surface area (Å²) < 4.78 is 0. The predicted molar refractivity (Wildman–Crippen MR) is 105 cm³/mol. The van der Waals surface area contributed by atoms with E-state index in [-0.39, 0.29) is 11.3 Å². The lowest BCUT2D eigenvalue weighted by molar-refractivity contribution is -0.131. The van der Waals surface area contributed by atoms with Crippen LogP contribution in [0.4, 0.5) is 5.82 Å². The first kappa shape index (κ1) is 18.4. The number of piperidine rings is 1. The van der Waals surface area contributed by atoms with Crippen molar-refractivity contribution in [2.45, 2.75) is 32.9 Å². The number of benzene rings is 1. The highest BCUT2D eigenvalue weighted by Crippen LogP contribution is 2.26. The molecule has 1 saturated heterocycles. The van der Waals surface area contributed by atoms with Crippen LogP contribution in [0.25, 0.3) is 0 Å². The lowest BCUT2D eigenvalue weighted by Gasteiger charge is -2.32. The van der Waals surface area contributed by atoms with Gasteiger partial charge in [0.15, 0.2) is 0 Å². The van der Waals surface area contributed by atoms with E-state index < -0.39 is 0 Å². The first-order chi connectivity index (χ1) is 12.6. The summed E-state index contributed by atoms with van der Waals surface area (Å²) in [5.74, 6) is 1.02. The minimum Gasteiger partial charge on any atom is -0.355 e. The first-order valence-electron chi connectivity index (χ1n) is 9.26. The molecule has 1 aliphatic rings. The third-order valence-corrected chi connectivity index (χ3v) is 5.08. The molecule has 0 spiro atoms. The van der Waals surface area contributed by atoms with E-state index >= 15 is 0 Å². The van der Waals surface area contributed by atoms with E-state index in [4.69, 9.17) is 0 Å². The monoisotopic (exact) mass is 352 g/mol. The molecule has 2 heterocycles. The average Bonchev–Trinajstić information content (AvgIpc) is 2.67. The normalized spacial score (nSPS) is 19.8. The van der Waals surface area contributed by atoms with Crippen molar-refractivity contribution in [2.75, 3.05) is 25.0 Å². The zero-order valence-electron chi connectivity index (χ0n) is 15.7. The second kappa shape index (κ2) is 8.32. The van der Waals surface area contributed by atoms with Crippen molar-refractivity contribution in [3.63, 3.8) is 0 Å². The summed E-state index contributed by atoms with van der Waals surface area (Å²) in [4.78, 5) is 19.4. The number of carbonyl (C=O) groups is 1. The fourth-order valence-electron chi connectivity index (χ4n) is 3.48. The van der Waals surface area contributed by atoms with Crippen molar-refractivity contribution < 1.29 is 4.79 Å². The van der Waals surface area contributed by atoms with Gasteiger partial charge in [-0.05, 0) is 37.9 Å². The number of anilines is 1. The highest BCUT2D eigenvalue weighted by atomic mass is 16.2. The largest absolute Gasteiger partial charge is 0.355 e. The van der Waals surface area contributed by atoms with Crippen LogP contribution in [0.2, 0.25) is 0 Å². The zero-order valence-corrected chi connectivity index (χ0v) is 15.7. The Labute approximate surface area is 155 Å². The standard InChI is InChI=1S/C21H28N4O/c1-21(11-7-12-22-16-21)20(26)24-14-18-10-6-13-23-19(18)25(2)15-17-8-4-3-5-9-17/h3-6,8-10,13,22H,7,11-12,14-16H2,1-2H3,(H,24,26)/t21-/m1/s1. The van der Waals surface area contributed by atoms with Crippen LogP contribution >= 0.6 is 0 Å². The Balaban J connectivity index is 1.66. The molecule has 0 radical (unpaired) electrons. The summed E-state index contributed by atoms with van der Waals surface area (Å²) in [6.45, 7) is 5.06. The second-order valence-corrected chi connectivity index (χ2v) is 7.35. The molecule has 1 aromatic heterocycles. The zero-order chi connectivity index (χ0) is 18.4. The van der Waals surface area contributed by atoms with Crippen molar-refractivity contribution >= 4 is 11.7 Å². The molecule has 1 aromatic carbocycles. The minimum atomic E-state index is -0.323. The lowest BCUT2D eigenvalue weighted by atomic mass is 9.82. The fraction of sp³-hybridized carbons (Fsp3) is 0.429. The van der Waals surface area contributed by atoms with Crippen molar-refractivity contribution in [3.8, 4) is 0 Å². The third-order valence-electron chi connectivity index (χ3n) is 5.08. The molecule has 1 amide bonds. The van der Waals surface area contributed by atoms with E-state index in [9.17, 15) is 4.79 Å². The van der Waals surface area contributed by atoms with Gasteiger partial charge in [0.25, 0.3) is 0 Å². The predicted octanol–water partition coefficient (Wildman–Crippen LogP) is 2.72. The lowest BCUT2D eigenvalue weighted by Crippen LogP contribution is -2.48. The van der Waals surface area contributed by atoms with Crippen LogP contribution < -0.4 is 15.5 Å². The van der Waals surface area contributed by atoms with E-state index in [1.165, 1.54) is 5.56 Å². The summed E-state index contributed by atoms with van der Waals surface area (Å²) in [5.41, 5.74) is 1.94. The van der Waals surface area contributed by atoms with E-state index in [0.717, 1.165) is 43.9 Å². The molecule has 1 aliphatic heterocycles. The smallest absolute Gasteiger partial charge is 0.227 e. The number of aromatic nitrogens is 1. The number of nitrogens with one attached hydrogen (secondary N) is 2. The number of amides is 1. The molecule has 138 valence electrons. The van der Waals surface area contributed by atoms with Gasteiger partial charge in [-0.1, -0.05) is 36.4 Å². The SMILES string of the molecule is CN(Cc1ccccc1)c1ncccc1CNC(=O)[C@]1(C)CCCNC1. The number of hydrogen-bond donors (Lipinski definition) is 2. The van der Waals surface area contributed by atoms with Crippen LogP contribution in [0.3, 0.4) is 0 Å². The number of nitrogens with zero attached hydrogens (tertiary/aromatic N) is 2. The quantitative estimate of drug-likeness (QED) is 0.839. The molecule has 0 aliphatic carbocycles. The Morgan fingerprint density at radius 2 is 2.08 bits per heavy atom. The van der Waals surface area contributed by atoms with Gasteiger partial charge in [-0.3, -0.25) is 4.79 Å². The van der Waals surface area contributed by atoms with Gasteiger partial charge in [-0.15, -0.1) is 0 Å². The second-order valence-electron chi connectivity index (χ2n) is 7.35. The molecule has 1 atom stereocenters. The molecule has 5 heteroatoms. The van der Waals surface area contributed by atoms with Gasteiger partial charge in [0.2, 0.25) is 5.91 Å². The summed E-state index contributed by atoms with van der Waals surface area (Å²) >= 11 is 0. The molecule has 0 unspecified atom stereocenters. The van der Waals surface area contributed by atoms with Gasteiger partial charge in [-0.2, -0.15) is 0 Å². The van der Waals surface area contributed by atoms with E-state index in [2.05, 4.69) is 32.7 Å². The topological polar surface area (TPSA) is 57.3 Å². The van der Waals surface area contributed by atoms with Gasteiger partial charge in [0.1, 0.15) is 5.82 Å². The van der Waals surface area contributed by atoms with Gasteiger partial charge >= 0.3 is 0 Å². The maximum atomic E-state index is 12.7. The van der Waals surface area contributed by atoms with Gasteiger partial charge in [0, 0.05) is 38.4 Å². The summed E-state index contributed by atoms with van der Waals surface area (Å²) in [6, 6.07) is 14.3. The van der Waals surface area contributed by atoms with E-state index in [0.29, 0.717) is 6.54 Å². The maximum absolute atomic E-state index is 12.7. The summed E-state index contributed by atoms with van der Waals surface area (Å²) in [7, 11) is 2.03. The van der Waals surface area contributed by atoms with Crippen molar-refractivity contribution in [2.24, 2.45) is 5.41 Å².